The second kappa shape index (κ2) is 8.10. The Morgan fingerprint density at radius 1 is 1.18 bits per heavy atom. The third-order valence-electron chi connectivity index (χ3n) is 3.68. The summed E-state index contributed by atoms with van der Waals surface area (Å²) in [6, 6.07) is 0. The van der Waals surface area contributed by atoms with E-state index in [0.29, 0.717) is 11.7 Å². The van der Waals surface area contributed by atoms with E-state index < -0.39 is 22.6 Å². The normalized spacial score (nSPS) is 25.6. The summed E-state index contributed by atoms with van der Waals surface area (Å²) in [5, 5.41) is 3.72. The van der Waals surface area contributed by atoms with Crippen LogP contribution in [-0.2, 0) is 14.3 Å². The topological polar surface area (TPSA) is 64.6 Å². The molecule has 0 bridgehead atoms. The van der Waals surface area contributed by atoms with Gasteiger partial charge in [-0.2, -0.15) is 0 Å². The van der Waals surface area contributed by atoms with Crippen molar-refractivity contribution < 1.29 is 19.1 Å². The number of hydrogen-bond donors (Lipinski definition) is 1. The molecule has 5 nitrogen and oxygen atoms in total. The van der Waals surface area contributed by atoms with Crippen LogP contribution in [0.2, 0.25) is 0 Å². The fourth-order valence-corrected chi connectivity index (χ4v) is 4.48. The summed E-state index contributed by atoms with van der Waals surface area (Å²) in [5.41, 5.74) is -0.660. The zero-order valence-electron chi connectivity index (χ0n) is 13.1. The third-order valence-corrected chi connectivity index (χ3v) is 5.40. The zero-order valence-corrected chi connectivity index (χ0v) is 13.9. The van der Waals surface area contributed by atoms with Crippen molar-refractivity contribution >= 4 is 42.7 Å². The van der Waals surface area contributed by atoms with Crippen LogP contribution in [0.5, 0.6) is 0 Å². The Labute approximate surface area is 148 Å². The van der Waals surface area contributed by atoms with Gasteiger partial charge in [-0.1, -0.05) is 12.8 Å². The van der Waals surface area contributed by atoms with Gasteiger partial charge in [-0.3, -0.25) is 5.32 Å². The van der Waals surface area contributed by atoms with Crippen LogP contribution in [0.1, 0.15) is 59.3 Å². The van der Waals surface area contributed by atoms with Crippen LogP contribution < -0.4 is 5.32 Å². The van der Waals surface area contributed by atoms with E-state index in [1.807, 2.05) is 0 Å². The molecule has 22 heavy (non-hydrogen) atoms. The van der Waals surface area contributed by atoms with E-state index in [4.69, 9.17) is 9.47 Å². The molecule has 1 heterocycles. The number of esters is 1. The van der Waals surface area contributed by atoms with Gasteiger partial charge in [-0.15, -0.1) is 11.8 Å². The van der Waals surface area contributed by atoms with Crippen molar-refractivity contribution in [3.05, 3.63) is 0 Å². The summed E-state index contributed by atoms with van der Waals surface area (Å²) >= 11 is 1.64. The summed E-state index contributed by atoms with van der Waals surface area (Å²) in [4.78, 5) is 23.4. The van der Waals surface area contributed by atoms with Crippen molar-refractivity contribution in [1.29, 1.82) is 0 Å². The molecule has 0 aromatic carbocycles. The van der Waals surface area contributed by atoms with Gasteiger partial charge in [0.05, 0.1) is 0 Å². The molecule has 2 fully saturated rings. The fourth-order valence-electron chi connectivity index (χ4n) is 2.76. The van der Waals surface area contributed by atoms with Gasteiger partial charge in [0.1, 0.15) is 5.60 Å². The van der Waals surface area contributed by atoms with E-state index in [2.05, 4.69) is 5.32 Å². The van der Waals surface area contributed by atoms with Gasteiger partial charge in [-0.05, 0) is 53.0 Å². The van der Waals surface area contributed by atoms with Gasteiger partial charge in [0.15, 0.2) is 4.87 Å². The summed E-state index contributed by atoms with van der Waals surface area (Å²) in [6.45, 7) is 6.02. The van der Waals surface area contributed by atoms with Crippen molar-refractivity contribution in [2.45, 2.75) is 75.0 Å². The molecule has 0 amide bonds. The average molecular weight is 323 g/mol. The van der Waals surface area contributed by atoms with Crippen LogP contribution in [0, 0.1) is 0 Å². The predicted molar refractivity (Wildman–Crippen MR) is 89.3 cm³/mol. The molecule has 1 saturated heterocycles. The molecule has 2 rings (SSSR count). The first kappa shape index (κ1) is 19.9. The molecule has 0 aromatic heterocycles. The Balaban J connectivity index is 0.00000242. The molecular weight excluding hydrogens is 297 g/mol. The van der Waals surface area contributed by atoms with Gasteiger partial charge in [0.2, 0.25) is 0 Å². The van der Waals surface area contributed by atoms with E-state index >= 15 is 0 Å². The molecule has 122 valence electrons. The number of ether oxygens (including phenoxy) is 2. The van der Waals surface area contributed by atoms with Gasteiger partial charge in [-0.25, -0.2) is 9.59 Å². The molecule has 0 aromatic rings. The average Bonchev–Trinajstić information content (AvgIpc) is 2.98. The summed E-state index contributed by atoms with van der Waals surface area (Å²) in [5.74, 6) is -0.508. The summed E-state index contributed by atoms with van der Waals surface area (Å²) < 4.78 is 10.0. The maximum absolute atomic E-state index is 12.4. The quantitative estimate of drug-likeness (QED) is 0.489. The van der Waals surface area contributed by atoms with E-state index in [-0.39, 0.29) is 18.9 Å². The first-order valence-corrected chi connectivity index (χ1v) is 8.57. The molecule has 1 aliphatic carbocycles. The Bertz CT molecular complexity index is 399. The number of rotatable bonds is 3. The van der Waals surface area contributed by atoms with Crippen molar-refractivity contribution in [2.75, 3.05) is 6.54 Å². The first-order chi connectivity index (χ1) is 9.81. The number of thioether (sulfide) groups is 1. The zero-order chi connectivity index (χ0) is 15.5. The molecule has 1 aliphatic heterocycles. The van der Waals surface area contributed by atoms with Crippen molar-refractivity contribution in [3.63, 3.8) is 0 Å². The van der Waals surface area contributed by atoms with Crippen molar-refractivity contribution in [2.24, 2.45) is 0 Å². The van der Waals surface area contributed by atoms with Gasteiger partial charge in [0, 0.05) is 5.25 Å². The third kappa shape index (κ3) is 5.49. The Kier molecular flexibility index (Phi) is 7.32. The van der Waals surface area contributed by atoms with Crippen LogP contribution >= 0.6 is 11.8 Å². The molecule has 0 radical (unpaired) electrons. The van der Waals surface area contributed by atoms with E-state index in [1.165, 1.54) is 12.8 Å². The van der Waals surface area contributed by atoms with Crippen LogP contribution in [0.15, 0.2) is 0 Å². The predicted octanol–water partition coefficient (Wildman–Crippen LogP) is 2.57. The summed E-state index contributed by atoms with van der Waals surface area (Å²) in [7, 11) is 0. The molecule has 0 unspecified atom stereocenters. The minimum atomic E-state index is -0.910. The van der Waals surface area contributed by atoms with Gasteiger partial charge in [0.25, 0.3) is 0 Å². The van der Waals surface area contributed by atoms with Crippen LogP contribution in [0.4, 0.5) is 4.79 Å². The van der Waals surface area contributed by atoms with Crippen LogP contribution in [0.25, 0.3) is 0 Å². The number of carbonyl (C=O) groups excluding carboxylic acids is 2. The van der Waals surface area contributed by atoms with Crippen molar-refractivity contribution in [3.8, 4) is 0 Å². The number of carbonyl (C=O) groups is 2. The molecule has 1 atom stereocenters. The Morgan fingerprint density at radius 3 is 2.32 bits per heavy atom. The molecule has 1 N–H and O–H groups in total. The standard InChI is InChI=1S/C15H25NO4S.Li.H/c1-14(2,3)20-13(18)19-12(17)15(9-6-10-16-15)21-11-7-4-5-8-11;;/h11,16H,4-10H2,1-3H3;;/t15-;;/m1../s1. The van der Waals surface area contributed by atoms with Crippen molar-refractivity contribution in [1.82, 2.24) is 5.32 Å². The monoisotopic (exact) mass is 323 g/mol. The molecule has 2 aliphatic rings. The second-order valence-electron chi connectivity index (χ2n) is 6.74. The second-order valence-corrected chi connectivity index (χ2v) is 8.33. The van der Waals surface area contributed by atoms with Crippen LogP contribution in [-0.4, -0.2) is 53.3 Å². The van der Waals surface area contributed by atoms with Gasteiger partial charge >= 0.3 is 31.0 Å². The summed E-state index contributed by atoms with van der Waals surface area (Å²) in [6.07, 6.45) is 5.41. The minimum absolute atomic E-state index is 0. The fraction of sp³-hybridized carbons (Fsp3) is 0.867. The Hall–Kier alpha value is -0.153. The molecule has 7 heteroatoms. The molecule has 1 saturated carbocycles. The van der Waals surface area contributed by atoms with E-state index in [1.54, 1.807) is 32.5 Å². The SMILES string of the molecule is CC(C)(C)OC(=O)OC(=O)[C@]1(SC2CCCC2)CCCN1.[LiH]. The maximum atomic E-state index is 12.4. The molecular formula is C15H26LiNO4S. The number of nitrogens with one attached hydrogen (secondary N) is 1. The number of hydrogen-bond acceptors (Lipinski definition) is 6. The first-order valence-electron chi connectivity index (χ1n) is 7.69. The molecule has 0 spiro atoms. The Morgan fingerprint density at radius 2 is 1.82 bits per heavy atom. The van der Waals surface area contributed by atoms with E-state index in [9.17, 15) is 9.59 Å². The van der Waals surface area contributed by atoms with Gasteiger partial charge < -0.3 is 9.47 Å². The van der Waals surface area contributed by atoms with Crippen LogP contribution in [0.3, 0.4) is 0 Å². The van der Waals surface area contributed by atoms with E-state index in [0.717, 1.165) is 25.8 Å².